The Balaban J connectivity index is 4.18. The van der Waals surface area contributed by atoms with E-state index in [9.17, 15) is 0 Å². The zero-order valence-corrected chi connectivity index (χ0v) is 5.86. The first-order valence-corrected chi connectivity index (χ1v) is 2.88. The van der Waals surface area contributed by atoms with E-state index in [-0.39, 0.29) is 5.47 Å². The van der Waals surface area contributed by atoms with Gasteiger partial charge < -0.3 is 10.0 Å². The molecule has 0 fully saturated rings. The zero-order chi connectivity index (χ0) is 7.98. The van der Waals surface area contributed by atoms with Crippen LogP contribution < -0.4 is 0 Å². The normalized spacial score (nSPS) is 12.1. The fourth-order valence-electron chi connectivity index (χ4n) is 0.385. The lowest BCUT2D eigenvalue weighted by atomic mass is 9.80. The molecular weight excluding hydrogens is 129 g/mol. The van der Waals surface area contributed by atoms with E-state index in [1.807, 2.05) is 0 Å². The molecule has 0 aromatic rings. The van der Waals surface area contributed by atoms with Crippen LogP contribution in [-0.4, -0.2) is 23.4 Å². The smallest absolute Gasteiger partial charge is 0.423 e. The first-order valence-electron chi connectivity index (χ1n) is 2.88. The fourth-order valence-corrected chi connectivity index (χ4v) is 0.385. The molecule has 0 aromatic heterocycles. The molecule has 0 heterocycles. The molecule has 0 saturated heterocycles. The molecule has 0 unspecified atom stereocenters. The van der Waals surface area contributed by atoms with Gasteiger partial charge in [-0.3, -0.25) is 4.99 Å². The Hall–Kier alpha value is -0.865. The van der Waals surface area contributed by atoms with E-state index < -0.39 is 7.12 Å². The highest BCUT2D eigenvalue weighted by molar-refractivity contribution is 6.51. The van der Waals surface area contributed by atoms with Crippen LogP contribution in [0.2, 0.25) is 0 Å². The molecule has 0 aromatic carbocycles. The van der Waals surface area contributed by atoms with Gasteiger partial charge in [0, 0.05) is 12.4 Å². The average molecular weight is 139 g/mol. The van der Waals surface area contributed by atoms with Crippen LogP contribution in [0.3, 0.4) is 0 Å². The summed E-state index contributed by atoms with van der Waals surface area (Å²) < 4.78 is 0. The van der Waals surface area contributed by atoms with E-state index in [2.05, 4.69) is 11.6 Å². The van der Waals surface area contributed by atoms with E-state index >= 15 is 0 Å². The van der Waals surface area contributed by atoms with Gasteiger partial charge in [-0.05, 0) is 12.4 Å². The molecule has 2 N–H and O–H groups in total. The van der Waals surface area contributed by atoms with Gasteiger partial charge in [-0.2, -0.15) is 0 Å². The van der Waals surface area contributed by atoms with Crippen LogP contribution in [0.25, 0.3) is 0 Å². The maximum absolute atomic E-state index is 8.58. The lowest BCUT2D eigenvalue weighted by Crippen LogP contribution is -2.13. The predicted octanol–water partition coefficient (Wildman–Crippen LogP) is 0.159. The standard InChI is InChI=1S/C6H10BNO2/c1-3-6(7(9)10)5-8-4-2/h3-5,9-10H,1H2,2H3/b6-5+,8-4?. The Morgan fingerprint density at radius 1 is 1.60 bits per heavy atom. The number of allylic oxidation sites excluding steroid dienone is 2. The van der Waals surface area contributed by atoms with Gasteiger partial charge >= 0.3 is 7.12 Å². The highest BCUT2D eigenvalue weighted by Gasteiger charge is 2.09. The van der Waals surface area contributed by atoms with Crippen molar-refractivity contribution in [2.75, 3.05) is 0 Å². The summed E-state index contributed by atoms with van der Waals surface area (Å²) in [5, 5.41) is 17.2. The number of nitrogens with zero attached hydrogens (tertiary/aromatic N) is 1. The van der Waals surface area contributed by atoms with Crippen LogP contribution in [0, 0.1) is 0 Å². The monoisotopic (exact) mass is 139 g/mol. The second-order valence-corrected chi connectivity index (χ2v) is 1.61. The first-order chi connectivity index (χ1) is 4.72. The third-order valence-corrected chi connectivity index (χ3v) is 0.907. The van der Waals surface area contributed by atoms with Crippen molar-refractivity contribution >= 4 is 13.3 Å². The first kappa shape index (κ1) is 9.13. The maximum Gasteiger partial charge on any atom is 0.489 e. The topological polar surface area (TPSA) is 52.8 Å². The third-order valence-electron chi connectivity index (χ3n) is 0.907. The van der Waals surface area contributed by atoms with Crippen molar-refractivity contribution in [1.82, 2.24) is 0 Å². The van der Waals surface area contributed by atoms with E-state index in [0.717, 1.165) is 0 Å². The second-order valence-electron chi connectivity index (χ2n) is 1.61. The molecule has 10 heavy (non-hydrogen) atoms. The molecule has 3 nitrogen and oxygen atoms in total. The zero-order valence-electron chi connectivity index (χ0n) is 5.86. The quantitative estimate of drug-likeness (QED) is 0.332. The summed E-state index contributed by atoms with van der Waals surface area (Å²) in [6.07, 6.45) is 4.24. The highest BCUT2D eigenvalue weighted by Crippen LogP contribution is 1.96. The van der Waals surface area contributed by atoms with Gasteiger partial charge in [0.05, 0.1) is 0 Å². The van der Waals surface area contributed by atoms with Crippen LogP contribution in [0.5, 0.6) is 0 Å². The van der Waals surface area contributed by atoms with E-state index in [0.29, 0.717) is 0 Å². The maximum atomic E-state index is 8.58. The Bertz CT molecular complexity index is 163. The number of hydrogen-bond acceptors (Lipinski definition) is 3. The third kappa shape index (κ3) is 3.22. The minimum absolute atomic E-state index is 0.290. The van der Waals surface area contributed by atoms with Crippen LogP contribution in [0.15, 0.2) is 29.3 Å². The molecule has 0 amide bonds. The van der Waals surface area contributed by atoms with Gasteiger partial charge in [0.15, 0.2) is 0 Å². The van der Waals surface area contributed by atoms with Crippen molar-refractivity contribution in [3.63, 3.8) is 0 Å². The SMILES string of the molecule is C=C/C(=C\N=CC)B(O)O. The number of rotatable bonds is 3. The summed E-state index contributed by atoms with van der Waals surface area (Å²) in [5.74, 6) is 0. The van der Waals surface area contributed by atoms with Crippen LogP contribution >= 0.6 is 0 Å². The summed E-state index contributed by atoms with van der Waals surface area (Å²) in [6.45, 7) is 5.11. The van der Waals surface area contributed by atoms with Gasteiger partial charge in [-0.25, -0.2) is 0 Å². The van der Waals surface area contributed by atoms with Crippen LogP contribution in [0.4, 0.5) is 0 Å². The minimum Gasteiger partial charge on any atom is -0.423 e. The molecule has 0 rings (SSSR count). The van der Waals surface area contributed by atoms with Crippen LogP contribution in [-0.2, 0) is 0 Å². The van der Waals surface area contributed by atoms with Crippen LogP contribution in [0.1, 0.15) is 6.92 Å². The summed E-state index contributed by atoms with van der Waals surface area (Å²) >= 11 is 0. The molecular formula is C6H10BNO2. The van der Waals surface area contributed by atoms with E-state index in [1.165, 1.54) is 12.3 Å². The Morgan fingerprint density at radius 2 is 2.20 bits per heavy atom. The molecule has 4 heteroatoms. The number of hydrogen-bond donors (Lipinski definition) is 2. The van der Waals surface area contributed by atoms with Crippen molar-refractivity contribution in [1.29, 1.82) is 0 Å². The molecule has 0 aliphatic heterocycles. The lowest BCUT2D eigenvalue weighted by molar-refractivity contribution is 0.420. The Kier molecular flexibility index (Phi) is 4.53. The van der Waals surface area contributed by atoms with E-state index in [1.54, 1.807) is 13.1 Å². The van der Waals surface area contributed by atoms with Gasteiger partial charge in [-0.15, -0.1) is 0 Å². The summed E-state index contributed by atoms with van der Waals surface area (Å²) in [4.78, 5) is 3.69. The number of aliphatic imine (C=N–C) groups is 1. The molecule has 0 radical (unpaired) electrons. The van der Waals surface area contributed by atoms with Crippen molar-refractivity contribution in [3.8, 4) is 0 Å². The highest BCUT2D eigenvalue weighted by atomic mass is 16.4. The van der Waals surface area contributed by atoms with Gasteiger partial charge in [0.2, 0.25) is 0 Å². The molecule has 0 atom stereocenters. The van der Waals surface area contributed by atoms with Gasteiger partial charge in [0.25, 0.3) is 0 Å². The predicted molar refractivity (Wildman–Crippen MR) is 42.6 cm³/mol. The Morgan fingerprint density at radius 3 is 2.50 bits per heavy atom. The van der Waals surface area contributed by atoms with Gasteiger partial charge in [-0.1, -0.05) is 12.7 Å². The summed E-state index contributed by atoms with van der Waals surface area (Å²) in [5.41, 5.74) is 0.290. The Labute approximate surface area is 60.6 Å². The molecule has 0 saturated carbocycles. The van der Waals surface area contributed by atoms with Crippen molar-refractivity contribution in [2.24, 2.45) is 4.99 Å². The fraction of sp³-hybridized carbons (Fsp3) is 0.167. The molecule has 0 aliphatic carbocycles. The second kappa shape index (κ2) is 4.96. The lowest BCUT2D eigenvalue weighted by Gasteiger charge is -1.94. The summed E-state index contributed by atoms with van der Waals surface area (Å²) in [6, 6.07) is 0. The molecule has 0 aliphatic rings. The molecule has 0 bridgehead atoms. The van der Waals surface area contributed by atoms with Gasteiger partial charge in [0.1, 0.15) is 0 Å². The summed E-state index contributed by atoms with van der Waals surface area (Å²) in [7, 11) is -1.48. The largest absolute Gasteiger partial charge is 0.489 e. The average Bonchev–Trinajstić information content (AvgIpc) is 1.89. The van der Waals surface area contributed by atoms with E-state index in [4.69, 9.17) is 10.0 Å². The minimum atomic E-state index is -1.48. The van der Waals surface area contributed by atoms with Crippen molar-refractivity contribution in [2.45, 2.75) is 6.92 Å². The molecule has 0 spiro atoms. The van der Waals surface area contributed by atoms with Crippen molar-refractivity contribution in [3.05, 3.63) is 24.3 Å². The van der Waals surface area contributed by atoms with Crippen molar-refractivity contribution < 1.29 is 10.0 Å². The molecule has 54 valence electrons.